The van der Waals surface area contributed by atoms with Crippen LogP contribution in [-0.4, -0.2) is 92.7 Å². The third-order valence-corrected chi connectivity index (χ3v) is 6.07. The molecule has 3 rings (SSSR count). The molecule has 2 saturated heterocycles. The Labute approximate surface area is 195 Å². The smallest absolute Gasteiger partial charge is 0.409 e. The van der Waals surface area contributed by atoms with Gasteiger partial charge in [0.15, 0.2) is 11.5 Å². The number of likely N-dealkylation sites (tertiary alicyclic amines) is 1. The van der Waals surface area contributed by atoms with E-state index in [9.17, 15) is 14.4 Å². The Bertz CT molecular complexity index is 851. The molecule has 9 heteroatoms. The second-order valence-corrected chi connectivity index (χ2v) is 8.96. The van der Waals surface area contributed by atoms with Crippen molar-refractivity contribution >= 4 is 17.9 Å². The van der Waals surface area contributed by atoms with Gasteiger partial charge in [0.2, 0.25) is 11.8 Å². The minimum Gasteiger partial charge on any atom is -0.493 e. The lowest BCUT2D eigenvalue weighted by Crippen LogP contribution is -2.52. The Morgan fingerprint density at radius 3 is 2.33 bits per heavy atom. The lowest BCUT2D eigenvalue weighted by atomic mass is 10.1. The Kier molecular flexibility index (Phi) is 8.41. The van der Waals surface area contributed by atoms with Crippen molar-refractivity contribution < 1.29 is 28.6 Å². The predicted molar refractivity (Wildman–Crippen MR) is 122 cm³/mol. The van der Waals surface area contributed by atoms with Crippen molar-refractivity contribution in [2.24, 2.45) is 11.8 Å². The van der Waals surface area contributed by atoms with E-state index in [1.54, 1.807) is 28.9 Å². The first-order valence-corrected chi connectivity index (χ1v) is 11.5. The highest BCUT2D eigenvalue weighted by Gasteiger charge is 2.37. The van der Waals surface area contributed by atoms with Crippen LogP contribution in [0.3, 0.4) is 0 Å². The number of hydrogen-bond acceptors (Lipinski definition) is 6. The third kappa shape index (κ3) is 6.30. The monoisotopic (exact) mass is 461 g/mol. The van der Waals surface area contributed by atoms with Gasteiger partial charge in [-0.2, -0.15) is 0 Å². The summed E-state index contributed by atoms with van der Waals surface area (Å²) in [6, 6.07) is 5.72. The number of carbonyl (C=O) groups is 3. The molecule has 1 atom stereocenters. The fraction of sp³-hybridized carbons (Fsp3) is 0.625. The molecule has 0 aliphatic carbocycles. The minimum absolute atomic E-state index is 0.00438. The average Bonchev–Trinajstić information content (AvgIpc) is 3.20. The van der Waals surface area contributed by atoms with Gasteiger partial charge in [0.1, 0.15) is 0 Å². The quantitative estimate of drug-likeness (QED) is 0.589. The number of hydrogen-bond donors (Lipinski definition) is 0. The first-order valence-electron chi connectivity index (χ1n) is 11.5. The maximum Gasteiger partial charge on any atom is 0.409 e. The number of benzene rings is 1. The number of ether oxygens (including phenoxy) is 3. The van der Waals surface area contributed by atoms with Crippen molar-refractivity contribution in [3.8, 4) is 11.5 Å². The Morgan fingerprint density at radius 2 is 1.70 bits per heavy atom. The molecule has 2 heterocycles. The molecule has 1 aromatic carbocycles. The van der Waals surface area contributed by atoms with E-state index >= 15 is 0 Å². The van der Waals surface area contributed by atoms with E-state index in [0.717, 1.165) is 5.56 Å². The second kappa shape index (κ2) is 11.2. The summed E-state index contributed by atoms with van der Waals surface area (Å²) < 4.78 is 15.9. The molecular formula is C24H35N3O6. The van der Waals surface area contributed by atoms with E-state index in [1.165, 1.54) is 0 Å². The molecule has 0 N–H and O–H groups in total. The van der Waals surface area contributed by atoms with Crippen molar-refractivity contribution in [3.05, 3.63) is 23.8 Å². The third-order valence-electron chi connectivity index (χ3n) is 6.07. The summed E-state index contributed by atoms with van der Waals surface area (Å²) in [6.45, 7) is 7.18. The highest BCUT2D eigenvalue weighted by atomic mass is 16.6. The van der Waals surface area contributed by atoms with Gasteiger partial charge in [0.05, 0.1) is 26.7 Å². The number of amides is 3. The molecule has 0 aromatic heterocycles. The molecule has 182 valence electrons. The largest absolute Gasteiger partial charge is 0.493 e. The first kappa shape index (κ1) is 24.7. The normalized spacial score (nSPS) is 18.6. The molecule has 2 fully saturated rings. The fourth-order valence-electron chi connectivity index (χ4n) is 4.15. The number of methoxy groups -OCH3 is 2. The average molecular weight is 462 g/mol. The van der Waals surface area contributed by atoms with Crippen molar-refractivity contribution in [3.63, 3.8) is 0 Å². The molecule has 0 radical (unpaired) electrons. The van der Waals surface area contributed by atoms with Gasteiger partial charge in [-0.1, -0.05) is 19.9 Å². The zero-order valence-electron chi connectivity index (χ0n) is 20.0. The molecule has 1 unspecified atom stereocenters. The van der Waals surface area contributed by atoms with Gasteiger partial charge in [-0.15, -0.1) is 0 Å². The molecule has 0 bridgehead atoms. The Morgan fingerprint density at radius 1 is 1.03 bits per heavy atom. The minimum atomic E-state index is -0.331. The zero-order valence-corrected chi connectivity index (χ0v) is 20.0. The summed E-state index contributed by atoms with van der Waals surface area (Å²) >= 11 is 0. The van der Waals surface area contributed by atoms with E-state index in [1.807, 2.05) is 32.0 Å². The number of rotatable bonds is 8. The van der Waals surface area contributed by atoms with E-state index < -0.39 is 0 Å². The summed E-state index contributed by atoms with van der Waals surface area (Å²) in [4.78, 5) is 42.8. The lowest BCUT2D eigenvalue weighted by molar-refractivity contribution is -0.137. The van der Waals surface area contributed by atoms with E-state index in [0.29, 0.717) is 63.8 Å². The van der Waals surface area contributed by atoms with Gasteiger partial charge >= 0.3 is 6.09 Å². The van der Waals surface area contributed by atoms with E-state index in [2.05, 4.69) is 0 Å². The summed E-state index contributed by atoms with van der Waals surface area (Å²) in [5.41, 5.74) is 1.04. The van der Waals surface area contributed by atoms with Gasteiger partial charge in [0, 0.05) is 45.7 Å². The zero-order chi connectivity index (χ0) is 24.0. The second-order valence-electron chi connectivity index (χ2n) is 8.96. The molecular weight excluding hydrogens is 426 g/mol. The maximum absolute atomic E-state index is 13.0. The summed E-state index contributed by atoms with van der Waals surface area (Å²) in [5, 5.41) is 0. The topological polar surface area (TPSA) is 88.6 Å². The Hall–Kier alpha value is -2.97. The molecule has 9 nitrogen and oxygen atoms in total. The molecule has 3 amide bonds. The molecule has 2 aliphatic rings. The number of piperazine rings is 1. The van der Waals surface area contributed by atoms with Crippen molar-refractivity contribution in [2.45, 2.75) is 26.7 Å². The van der Waals surface area contributed by atoms with Crippen molar-refractivity contribution in [1.29, 1.82) is 0 Å². The van der Waals surface area contributed by atoms with Crippen LogP contribution in [0.25, 0.3) is 0 Å². The van der Waals surface area contributed by atoms with Crippen LogP contribution < -0.4 is 9.47 Å². The van der Waals surface area contributed by atoms with Crippen LogP contribution in [0.5, 0.6) is 11.5 Å². The first-order chi connectivity index (χ1) is 15.8. The van der Waals surface area contributed by atoms with Gasteiger partial charge in [-0.25, -0.2) is 4.79 Å². The van der Waals surface area contributed by atoms with E-state index in [4.69, 9.17) is 14.2 Å². The lowest BCUT2D eigenvalue weighted by Gasteiger charge is -2.35. The van der Waals surface area contributed by atoms with Gasteiger partial charge in [0.25, 0.3) is 0 Å². The summed E-state index contributed by atoms with van der Waals surface area (Å²) in [6.07, 6.45) is 0.583. The molecule has 0 saturated carbocycles. The number of carbonyl (C=O) groups excluding carboxylic acids is 3. The molecule has 2 aliphatic heterocycles. The highest BCUT2D eigenvalue weighted by Crippen LogP contribution is 2.28. The molecule has 0 spiro atoms. The Balaban J connectivity index is 1.47. The van der Waals surface area contributed by atoms with Crippen LogP contribution in [0, 0.1) is 11.8 Å². The van der Waals surface area contributed by atoms with Crippen molar-refractivity contribution in [1.82, 2.24) is 14.7 Å². The van der Waals surface area contributed by atoms with Crippen LogP contribution >= 0.6 is 0 Å². The van der Waals surface area contributed by atoms with Crippen LogP contribution in [0.1, 0.15) is 25.8 Å². The van der Waals surface area contributed by atoms with Gasteiger partial charge < -0.3 is 28.9 Å². The van der Waals surface area contributed by atoms with Crippen molar-refractivity contribution in [2.75, 3.05) is 60.1 Å². The predicted octanol–water partition coefficient (Wildman–Crippen LogP) is 2.03. The van der Waals surface area contributed by atoms with Crippen LogP contribution in [0.15, 0.2) is 18.2 Å². The number of nitrogens with zero attached hydrogens (tertiary/aromatic N) is 3. The van der Waals surface area contributed by atoms with Gasteiger partial charge in [-0.3, -0.25) is 9.59 Å². The van der Waals surface area contributed by atoms with E-state index in [-0.39, 0.29) is 36.2 Å². The van der Waals surface area contributed by atoms with Crippen LogP contribution in [0.2, 0.25) is 0 Å². The van der Waals surface area contributed by atoms with Crippen LogP contribution in [-0.2, 0) is 20.7 Å². The summed E-state index contributed by atoms with van der Waals surface area (Å²) in [7, 11) is 3.19. The maximum atomic E-state index is 13.0. The molecule has 1 aromatic rings. The fourth-order valence-corrected chi connectivity index (χ4v) is 4.15. The van der Waals surface area contributed by atoms with Crippen LogP contribution in [0.4, 0.5) is 4.79 Å². The highest BCUT2D eigenvalue weighted by molar-refractivity contribution is 5.89. The van der Waals surface area contributed by atoms with Gasteiger partial charge in [-0.05, 0) is 30.0 Å². The standard InChI is InChI=1S/C24H35N3O6/c1-17(2)16-33-24(30)26-11-9-25(10-12-26)23(29)19-14-22(28)27(15-19)8-7-18-5-6-20(31-3)21(13-18)32-4/h5-6,13,17,19H,7-12,14-16H2,1-4H3. The summed E-state index contributed by atoms with van der Waals surface area (Å²) in [5.74, 6) is 1.27. The molecule has 33 heavy (non-hydrogen) atoms. The SMILES string of the molecule is COc1ccc(CCN2CC(C(=O)N3CCN(C(=O)OCC(C)C)CC3)CC2=O)cc1OC.